The largest absolute Gasteiger partial charge is 0.385 e. The molecular weight excluding hydrogens is 216 g/mol. The molecule has 0 fully saturated rings. The smallest absolute Gasteiger partial charge is 0.237 e. The summed E-state index contributed by atoms with van der Waals surface area (Å²) in [6.07, 6.45) is 5.30. The SMILES string of the molecule is CCCCC(CC)CNC(=O)C(N)CCOC. The zero-order valence-corrected chi connectivity index (χ0v) is 11.5. The van der Waals surface area contributed by atoms with Crippen LogP contribution < -0.4 is 11.1 Å². The highest BCUT2D eigenvalue weighted by molar-refractivity contribution is 5.81. The molecule has 0 heterocycles. The molecule has 4 heteroatoms. The van der Waals surface area contributed by atoms with Gasteiger partial charge in [-0.1, -0.05) is 33.1 Å². The van der Waals surface area contributed by atoms with Crippen LogP contribution >= 0.6 is 0 Å². The molecule has 0 saturated carbocycles. The Balaban J connectivity index is 3.78. The Morgan fingerprint density at radius 1 is 1.35 bits per heavy atom. The first-order chi connectivity index (χ1) is 8.15. The number of nitrogens with two attached hydrogens (primary N) is 1. The second kappa shape index (κ2) is 10.5. The van der Waals surface area contributed by atoms with Crippen LogP contribution in [0, 0.1) is 5.92 Å². The average molecular weight is 244 g/mol. The fourth-order valence-corrected chi connectivity index (χ4v) is 1.70. The number of nitrogens with one attached hydrogen (secondary N) is 1. The maximum Gasteiger partial charge on any atom is 0.237 e. The standard InChI is InChI=1S/C13H28N2O2/c1-4-6-7-11(5-2)10-15-13(16)12(14)8-9-17-3/h11-12H,4-10,14H2,1-3H3,(H,15,16). The maximum atomic E-state index is 11.7. The normalized spacial score (nSPS) is 14.4. The summed E-state index contributed by atoms with van der Waals surface area (Å²) < 4.78 is 4.90. The van der Waals surface area contributed by atoms with Gasteiger partial charge in [0, 0.05) is 20.3 Å². The number of ether oxygens (including phenoxy) is 1. The Kier molecular flexibility index (Phi) is 10.2. The fourth-order valence-electron chi connectivity index (χ4n) is 1.70. The summed E-state index contributed by atoms with van der Waals surface area (Å²) in [7, 11) is 1.61. The van der Waals surface area contributed by atoms with Crippen molar-refractivity contribution in [3.8, 4) is 0 Å². The van der Waals surface area contributed by atoms with Gasteiger partial charge in [0.1, 0.15) is 0 Å². The van der Waals surface area contributed by atoms with Crippen molar-refractivity contribution >= 4 is 5.91 Å². The van der Waals surface area contributed by atoms with Crippen LogP contribution in [0.25, 0.3) is 0 Å². The lowest BCUT2D eigenvalue weighted by molar-refractivity contribution is -0.122. The highest BCUT2D eigenvalue weighted by Gasteiger charge is 2.14. The molecule has 0 aliphatic heterocycles. The number of carbonyl (C=O) groups excluding carboxylic acids is 1. The van der Waals surface area contributed by atoms with Crippen LogP contribution in [0.15, 0.2) is 0 Å². The Hall–Kier alpha value is -0.610. The Bertz CT molecular complexity index is 198. The summed E-state index contributed by atoms with van der Waals surface area (Å²) in [5.74, 6) is 0.519. The van der Waals surface area contributed by atoms with Gasteiger partial charge in [-0.05, 0) is 18.8 Å². The molecule has 0 aromatic rings. The van der Waals surface area contributed by atoms with Gasteiger partial charge in [0.2, 0.25) is 5.91 Å². The topological polar surface area (TPSA) is 64.4 Å². The van der Waals surface area contributed by atoms with E-state index in [1.807, 2.05) is 0 Å². The third-order valence-electron chi connectivity index (χ3n) is 3.08. The first-order valence-electron chi connectivity index (χ1n) is 6.67. The number of methoxy groups -OCH3 is 1. The maximum absolute atomic E-state index is 11.7. The van der Waals surface area contributed by atoms with Crippen LogP contribution in [0.1, 0.15) is 46.0 Å². The van der Waals surface area contributed by atoms with Crippen molar-refractivity contribution in [3.05, 3.63) is 0 Å². The van der Waals surface area contributed by atoms with Crippen molar-refractivity contribution in [1.82, 2.24) is 5.32 Å². The van der Waals surface area contributed by atoms with Crippen molar-refractivity contribution in [3.63, 3.8) is 0 Å². The second-order valence-corrected chi connectivity index (χ2v) is 4.55. The predicted molar refractivity (Wildman–Crippen MR) is 70.8 cm³/mol. The first kappa shape index (κ1) is 16.4. The van der Waals surface area contributed by atoms with Gasteiger partial charge in [-0.15, -0.1) is 0 Å². The third-order valence-corrected chi connectivity index (χ3v) is 3.08. The quantitative estimate of drug-likeness (QED) is 0.614. The van der Waals surface area contributed by atoms with Crippen LogP contribution in [-0.2, 0) is 9.53 Å². The summed E-state index contributed by atoms with van der Waals surface area (Å²) in [5.41, 5.74) is 5.74. The molecular formula is C13H28N2O2. The molecule has 0 spiro atoms. The Morgan fingerprint density at radius 2 is 2.06 bits per heavy atom. The van der Waals surface area contributed by atoms with Gasteiger partial charge < -0.3 is 15.8 Å². The summed E-state index contributed by atoms with van der Waals surface area (Å²) in [6, 6.07) is -0.446. The van der Waals surface area contributed by atoms with E-state index in [2.05, 4.69) is 19.2 Å². The molecule has 0 radical (unpaired) electrons. The van der Waals surface area contributed by atoms with Gasteiger partial charge in [-0.25, -0.2) is 0 Å². The Morgan fingerprint density at radius 3 is 2.59 bits per heavy atom. The van der Waals surface area contributed by atoms with E-state index >= 15 is 0 Å². The van der Waals surface area contributed by atoms with Crippen LogP contribution in [0.3, 0.4) is 0 Å². The lowest BCUT2D eigenvalue weighted by Crippen LogP contribution is -2.42. The van der Waals surface area contributed by atoms with Gasteiger partial charge in [0.25, 0.3) is 0 Å². The van der Waals surface area contributed by atoms with E-state index in [-0.39, 0.29) is 5.91 Å². The number of unbranched alkanes of at least 4 members (excludes halogenated alkanes) is 1. The zero-order chi connectivity index (χ0) is 13.1. The molecule has 3 N–H and O–H groups in total. The molecule has 0 aromatic heterocycles. The zero-order valence-electron chi connectivity index (χ0n) is 11.5. The molecule has 0 aliphatic rings. The minimum Gasteiger partial charge on any atom is -0.385 e. The molecule has 102 valence electrons. The highest BCUT2D eigenvalue weighted by Crippen LogP contribution is 2.11. The van der Waals surface area contributed by atoms with E-state index in [0.29, 0.717) is 18.9 Å². The molecule has 0 aliphatic carbocycles. The number of hydrogen-bond acceptors (Lipinski definition) is 3. The highest BCUT2D eigenvalue weighted by atomic mass is 16.5. The van der Waals surface area contributed by atoms with Gasteiger partial charge in [-0.2, -0.15) is 0 Å². The average Bonchev–Trinajstić information content (AvgIpc) is 2.35. The van der Waals surface area contributed by atoms with Crippen molar-refractivity contribution < 1.29 is 9.53 Å². The van der Waals surface area contributed by atoms with Gasteiger partial charge in [0.05, 0.1) is 6.04 Å². The van der Waals surface area contributed by atoms with E-state index in [1.165, 1.54) is 19.3 Å². The number of hydrogen-bond donors (Lipinski definition) is 2. The molecule has 0 rings (SSSR count). The molecule has 0 aromatic carbocycles. The summed E-state index contributed by atoms with van der Waals surface area (Å²) in [6.45, 7) is 5.63. The Labute approximate surface area is 105 Å². The minimum absolute atomic E-state index is 0.0583. The monoisotopic (exact) mass is 244 g/mol. The molecule has 2 atom stereocenters. The van der Waals surface area contributed by atoms with E-state index in [9.17, 15) is 4.79 Å². The van der Waals surface area contributed by atoms with Crippen LogP contribution in [0.2, 0.25) is 0 Å². The van der Waals surface area contributed by atoms with Gasteiger partial charge in [0.15, 0.2) is 0 Å². The van der Waals surface area contributed by atoms with Crippen molar-refractivity contribution in [2.24, 2.45) is 11.7 Å². The van der Waals surface area contributed by atoms with Crippen LogP contribution in [0.5, 0.6) is 0 Å². The van der Waals surface area contributed by atoms with Crippen LogP contribution in [0.4, 0.5) is 0 Å². The molecule has 0 saturated heterocycles. The van der Waals surface area contributed by atoms with E-state index in [4.69, 9.17) is 10.5 Å². The minimum atomic E-state index is -0.446. The lowest BCUT2D eigenvalue weighted by atomic mass is 9.99. The summed E-state index contributed by atoms with van der Waals surface area (Å²) in [4.78, 5) is 11.7. The van der Waals surface area contributed by atoms with E-state index < -0.39 is 6.04 Å². The third kappa shape index (κ3) is 8.16. The molecule has 17 heavy (non-hydrogen) atoms. The van der Waals surface area contributed by atoms with Crippen molar-refractivity contribution in [1.29, 1.82) is 0 Å². The second-order valence-electron chi connectivity index (χ2n) is 4.55. The van der Waals surface area contributed by atoms with E-state index in [0.717, 1.165) is 13.0 Å². The molecule has 0 bridgehead atoms. The number of amides is 1. The predicted octanol–water partition coefficient (Wildman–Crippen LogP) is 1.68. The lowest BCUT2D eigenvalue weighted by Gasteiger charge is -2.17. The molecule has 4 nitrogen and oxygen atoms in total. The fraction of sp³-hybridized carbons (Fsp3) is 0.923. The molecule has 2 unspecified atom stereocenters. The molecule has 1 amide bonds. The summed E-state index contributed by atoms with van der Waals surface area (Å²) >= 11 is 0. The summed E-state index contributed by atoms with van der Waals surface area (Å²) in [5, 5.41) is 2.93. The van der Waals surface area contributed by atoms with Crippen LogP contribution in [-0.4, -0.2) is 32.2 Å². The first-order valence-corrected chi connectivity index (χ1v) is 6.67. The van der Waals surface area contributed by atoms with Gasteiger partial charge in [-0.3, -0.25) is 4.79 Å². The van der Waals surface area contributed by atoms with Gasteiger partial charge >= 0.3 is 0 Å². The van der Waals surface area contributed by atoms with E-state index in [1.54, 1.807) is 7.11 Å². The van der Waals surface area contributed by atoms with Crippen molar-refractivity contribution in [2.75, 3.05) is 20.3 Å². The number of carbonyl (C=O) groups is 1. The number of rotatable bonds is 10. The van der Waals surface area contributed by atoms with Crippen molar-refractivity contribution in [2.45, 2.75) is 52.0 Å².